The van der Waals surface area contributed by atoms with Crippen molar-refractivity contribution in [1.29, 1.82) is 0 Å². The van der Waals surface area contributed by atoms with Crippen LogP contribution in [-0.4, -0.2) is 31.6 Å². The Morgan fingerprint density at radius 1 is 0.868 bits per heavy atom. The first kappa shape index (κ1) is 27.4. The third-order valence-corrected chi connectivity index (χ3v) is 8.25. The number of carbonyl (C=O) groups excluding carboxylic acids is 1. The molecule has 2 amide bonds. The average molecular weight is 566 g/mol. The van der Waals surface area contributed by atoms with Gasteiger partial charge in [-0.15, -0.1) is 11.3 Å². The van der Waals surface area contributed by atoms with Crippen molar-refractivity contribution in [3.63, 3.8) is 0 Å². The minimum atomic E-state index is -4.48. The Balaban J connectivity index is 1.53. The lowest BCUT2D eigenvalue weighted by Gasteiger charge is -2.18. The SMILES string of the molecule is CC(C)[C@H](NS(=O)(=O)c1ccc2c(c1)sc1cc(NC(=O)Nc3ccc(C(F)(F)F)cc3)ccc12)C(=O)O. The van der Waals surface area contributed by atoms with Crippen LogP contribution in [0.5, 0.6) is 0 Å². The number of anilines is 2. The molecular formula is C25H22F3N3O5S2. The molecule has 38 heavy (non-hydrogen) atoms. The van der Waals surface area contributed by atoms with Gasteiger partial charge in [-0.2, -0.15) is 17.9 Å². The second kappa shape index (κ2) is 10.2. The fourth-order valence-electron chi connectivity index (χ4n) is 3.75. The molecule has 200 valence electrons. The molecule has 0 radical (unpaired) electrons. The highest BCUT2D eigenvalue weighted by Gasteiger charge is 2.30. The number of hydrogen-bond acceptors (Lipinski definition) is 5. The number of nitrogens with one attached hydrogen (secondary N) is 3. The number of carbonyl (C=O) groups is 2. The van der Waals surface area contributed by atoms with Crippen molar-refractivity contribution < 1.29 is 36.3 Å². The van der Waals surface area contributed by atoms with E-state index < -0.39 is 45.7 Å². The minimum absolute atomic E-state index is 0.0716. The number of alkyl halides is 3. The zero-order chi connectivity index (χ0) is 27.8. The van der Waals surface area contributed by atoms with Crippen LogP contribution in [0.15, 0.2) is 65.6 Å². The number of urea groups is 1. The van der Waals surface area contributed by atoms with Crippen molar-refractivity contribution in [3.05, 3.63) is 66.2 Å². The number of fused-ring (bicyclic) bond motifs is 3. The Bertz CT molecular complexity index is 1630. The Morgan fingerprint density at radius 3 is 2.00 bits per heavy atom. The van der Waals surface area contributed by atoms with Crippen molar-refractivity contribution >= 4 is 64.9 Å². The van der Waals surface area contributed by atoms with Crippen LogP contribution in [0.4, 0.5) is 29.3 Å². The van der Waals surface area contributed by atoms with Gasteiger partial charge in [-0.25, -0.2) is 13.2 Å². The van der Waals surface area contributed by atoms with Crippen LogP contribution >= 0.6 is 11.3 Å². The number of hydrogen-bond donors (Lipinski definition) is 4. The van der Waals surface area contributed by atoms with Gasteiger partial charge in [-0.05, 0) is 54.4 Å². The van der Waals surface area contributed by atoms with Gasteiger partial charge in [0.05, 0.1) is 10.5 Å². The largest absolute Gasteiger partial charge is 0.480 e. The quantitative estimate of drug-likeness (QED) is 0.215. The molecule has 0 aliphatic rings. The molecule has 4 N–H and O–H groups in total. The van der Waals surface area contributed by atoms with Gasteiger partial charge in [0.25, 0.3) is 0 Å². The van der Waals surface area contributed by atoms with E-state index in [1.54, 1.807) is 38.1 Å². The summed E-state index contributed by atoms with van der Waals surface area (Å²) in [6, 6.07) is 11.7. The molecule has 0 bridgehead atoms. The van der Waals surface area contributed by atoms with Gasteiger partial charge < -0.3 is 15.7 Å². The molecular weight excluding hydrogens is 543 g/mol. The zero-order valence-corrected chi connectivity index (χ0v) is 21.6. The predicted molar refractivity (Wildman–Crippen MR) is 140 cm³/mol. The molecule has 3 aromatic carbocycles. The van der Waals surface area contributed by atoms with E-state index in [9.17, 15) is 36.3 Å². The summed E-state index contributed by atoms with van der Waals surface area (Å²) in [4.78, 5) is 23.7. The van der Waals surface area contributed by atoms with Gasteiger partial charge >= 0.3 is 18.2 Å². The standard InChI is InChI=1S/C25H22F3N3O5S2/c1-13(2)22(23(32)33)31-38(35,36)17-8-10-19-18-9-7-16(11-20(18)37-21(19)12-17)30-24(34)29-15-5-3-14(4-6-15)25(26,27)28/h3-13,22,31H,1-2H3,(H,32,33)(H2,29,30,34)/t22-/m0/s1. The number of benzene rings is 3. The molecule has 0 saturated heterocycles. The predicted octanol–water partition coefficient (Wildman–Crippen LogP) is 6.10. The third kappa shape index (κ3) is 5.90. The lowest BCUT2D eigenvalue weighted by molar-refractivity contribution is -0.140. The van der Waals surface area contributed by atoms with Gasteiger partial charge in [0.15, 0.2) is 0 Å². The minimum Gasteiger partial charge on any atom is -0.480 e. The maximum absolute atomic E-state index is 12.8. The second-order valence-corrected chi connectivity index (χ2v) is 11.6. The number of rotatable bonds is 7. The number of amides is 2. The second-order valence-electron chi connectivity index (χ2n) is 8.81. The lowest BCUT2D eigenvalue weighted by Crippen LogP contribution is -2.44. The highest BCUT2D eigenvalue weighted by molar-refractivity contribution is 7.89. The van der Waals surface area contributed by atoms with Crippen molar-refractivity contribution in [3.8, 4) is 0 Å². The lowest BCUT2D eigenvalue weighted by atomic mass is 10.1. The Morgan fingerprint density at radius 2 is 1.42 bits per heavy atom. The van der Waals surface area contributed by atoms with Crippen molar-refractivity contribution in [1.82, 2.24) is 4.72 Å². The molecule has 0 spiro atoms. The molecule has 4 rings (SSSR count). The van der Waals surface area contributed by atoms with Crippen molar-refractivity contribution in [2.24, 2.45) is 5.92 Å². The monoisotopic (exact) mass is 565 g/mol. The zero-order valence-electron chi connectivity index (χ0n) is 20.0. The van der Waals surface area contributed by atoms with Crippen LogP contribution in [0, 0.1) is 5.92 Å². The van der Waals surface area contributed by atoms with E-state index in [2.05, 4.69) is 15.4 Å². The topological polar surface area (TPSA) is 125 Å². The Hall–Kier alpha value is -3.68. The highest BCUT2D eigenvalue weighted by Crippen LogP contribution is 2.36. The van der Waals surface area contributed by atoms with Gasteiger partial charge in [-0.1, -0.05) is 26.0 Å². The third-order valence-electron chi connectivity index (χ3n) is 5.70. The number of aliphatic carboxylic acids is 1. The summed E-state index contributed by atoms with van der Waals surface area (Å²) in [6.07, 6.45) is -4.48. The van der Waals surface area contributed by atoms with Gasteiger partial charge in [0.1, 0.15) is 6.04 Å². The van der Waals surface area contributed by atoms with E-state index in [-0.39, 0.29) is 10.6 Å². The summed E-state index contributed by atoms with van der Waals surface area (Å²) in [5.74, 6) is -1.73. The maximum Gasteiger partial charge on any atom is 0.416 e. The van der Waals surface area contributed by atoms with Crippen molar-refractivity contribution in [2.45, 2.75) is 31.0 Å². The molecule has 1 atom stereocenters. The molecule has 1 heterocycles. The van der Waals surface area contributed by atoms with E-state index in [1.165, 1.54) is 23.5 Å². The maximum atomic E-state index is 12.8. The molecule has 4 aromatic rings. The first-order valence-corrected chi connectivity index (χ1v) is 13.5. The molecule has 0 aliphatic heterocycles. The molecule has 0 fully saturated rings. The van der Waals surface area contributed by atoms with E-state index in [4.69, 9.17) is 0 Å². The van der Waals surface area contributed by atoms with E-state index in [0.29, 0.717) is 10.4 Å². The molecule has 0 aliphatic carbocycles. The van der Waals surface area contributed by atoms with Crippen molar-refractivity contribution in [2.75, 3.05) is 10.6 Å². The molecule has 1 aromatic heterocycles. The number of halogens is 3. The molecule has 13 heteroatoms. The van der Waals surface area contributed by atoms with E-state index >= 15 is 0 Å². The number of sulfonamides is 1. The van der Waals surface area contributed by atoms with Crippen LogP contribution in [0.1, 0.15) is 19.4 Å². The summed E-state index contributed by atoms with van der Waals surface area (Å²) in [5, 5.41) is 16.0. The first-order valence-electron chi connectivity index (χ1n) is 11.2. The van der Waals surface area contributed by atoms with E-state index in [1.807, 2.05) is 0 Å². The highest BCUT2D eigenvalue weighted by atomic mass is 32.2. The summed E-state index contributed by atoms with van der Waals surface area (Å²) >= 11 is 1.29. The number of carboxylic acids is 1. The van der Waals surface area contributed by atoms with Crippen LogP contribution in [0.3, 0.4) is 0 Å². The number of thiophene rings is 1. The van der Waals surface area contributed by atoms with Crippen LogP contribution in [-0.2, 0) is 21.0 Å². The molecule has 0 unspecified atom stereocenters. The first-order chi connectivity index (χ1) is 17.7. The summed E-state index contributed by atoms with van der Waals surface area (Å²) in [6.45, 7) is 3.21. The molecule has 0 saturated carbocycles. The van der Waals surface area contributed by atoms with Crippen LogP contribution < -0.4 is 15.4 Å². The van der Waals surface area contributed by atoms with Gasteiger partial charge in [0.2, 0.25) is 10.0 Å². The van der Waals surface area contributed by atoms with Crippen LogP contribution in [0.2, 0.25) is 0 Å². The summed E-state index contributed by atoms with van der Waals surface area (Å²) < 4.78 is 67.4. The Labute approximate surface area is 219 Å². The number of carboxylic acid groups (broad SMARTS) is 1. The normalized spacial score (nSPS) is 13.1. The van der Waals surface area contributed by atoms with Crippen LogP contribution in [0.25, 0.3) is 20.2 Å². The average Bonchev–Trinajstić information content (AvgIpc) is 3.19. The molecule has 8 nitrogen and oxygen atoms in total. The Kier molecular flexibility index (Phi) is 7.37. The van der Waals surface area contributed by atoms with E-state index in [0.717, 1.165) is 39.7 Å². The fraction of sp³-hybridized carbons (Fsp3) is 0.200. The van der Waals surface area contributed by atoms with Gasteiger partial charge in [-0.3, -0.25) is 4.79 Å². The van der Waals surface area contributed by atoms with Gasteiger partial charge in [0, 0.05) is 31.5 Å². The smallest absolute Gasteiger partial charge is 0.416 e. The fourth-order valence-corrected chi connectivity index (χ4v) is 6.37. The summed E-state index contributed by atoms with van der Waals surface area (Å²) in [5.41, 5.74) is -0.223. The summed E-state index contributed by atoms with van der Waals surface area (Å²) in [7, 11) is -4.10.